The zero-order chi connectivity index (χ0) is 20.3. The van der Waals surface area contributed by atoms with E-state index in [0.717, 1.165) is 29.3 Å². The Hall–Kier alpha value is -2.37. The summed E-state index contributed by atoms with van der Waals surface area (Å²) in [6.07, 6.45) is -0.510. The number of carbonyl (C=O) groups is 1. The molecule has 148 valence electrons. The van der Waals surface area contributed by atoms with Crippen LogP contribution < -0.4 is 0 Å². The monoisotopic (exact) mass is 388 g/mol. The summed E-state index contributed by atoms with van der Waals surface area (Å²) in [6.45, 7) is 6.06. The molecule has 3 nitrogen and oxygen atoms in total. The van der Waals surface area contributed by atoms with Crippen molar-refractivity contribution in [3.8, 4) is 0 Å². The maximum absolute atomic E-state index is 13.4. The average molecular weight is 388 g/mol. The number of nitrogens with one attached hydrogen (secondary N) is 1. The number of aromatic amines is 1. The fourth-order valence-corrected chi connectivity index (χ4v) is 5.14. The first kappa shape index (κ1) is 19.0. The number of nitrogens with zero attached hydrogens (tertiary/aromatic N) is 1. The molecule has 1 aromatic carbocycles. The Balaban J connectivity index is 2.01. The highest BCUT2D eigenvalue weighted by molar-refractivity contribution is 6.01. The van der Waals surface area contributed by atoms with Gasteiger partial charge in [-0.1, -0.05) is 44.5 Å². The number of carbonyl (C=O) groups excluding carboxylic acids is 1. The Bertz CT molecular complexity index is 984. The van der Waals surface area contributed by atoms with Crippen molar-refractivity contribution in [3.63, 3.8) is 0 Å². The second-order valence-electron chi connectivity index (χ2n) is 8.70. The van der Waals surface area contributed by atoms with E-state index in [1.807, 2.05) is 6.92 Å². The molecular formula is C22H23F3N2O. The summed E-state index contributed by atoms with van der Waals surface area (Å²) in [5.74, 6) is 0.0392. The van der Waals surface area contributed by atoms with Crippen LogP contribution in [-0.2, 0) is 22.8 Å². The number of H-pyrrole nitrogens is 1. The van der Waals surface area contributed by atoms with Gasteiger partial charge in [0.2, 0.25) is 0 Å². The third kappa shape index (κ3) is 2.73. The lowest BCUT2D eigenvalue weighted by Crippen LogP contribution is -2.42. The molecule has 1 atom stereocenters. The van der Waals surface area contributed by atoms with Gasteiger partial charge in [0.25, 0.3) is 0 Å². The minimum absolute atomic E-state index is 0.0392. The molecule has 0 fully saturated rings. The van der Waals surface area contributed by atoms with Crippen molar-refractivity contribution in [2.24, 2.45) is 5.41 Å². The van der Waals surface area contributed by atoms with Crippen LogP contribution in [0.5, 0.6) is 0 Å². The summed E-state index contributed by atoms with van der Waals surface area (Å²) in [5.41, 5.74) is 2.18. The predicted molar refractivity (Wildman–Crippen MR) is 99.9 cm³/mol. The maximum atomic E-state index is 13.4. The quantitative estimate of drug-likeness (QED) is 0.752. The summed E-state index contributed by atoms with van der Waals surface area (Å²) in [5, 5.41) is 7.20. The molecule has 0 spiro atoms. The first-order valence-electron chi connectivity index (χ1n) is 9.54. The van der Waals surface area contributed by atoms with Gasteiger partial charge in [-0.2, -0.15) is 18.3 Å². The lowest BCUT2D eigenvalue weighted by Gasteiger charge is -2.45. The Morgan fingerprint density at radius 3 is 2.64 bits per heavy atom. The number of halogens is 3. The first-order valence-corrected chi connectivity index (χ1v) is 9.54. The Morgan fingerprint density at radius 2 is 1.96 bits per heavy atom. The molecule has 0 aliphatic heterocycles. The van der Waals surface area contributed by atoms with Gasteiger partial charge in [-0.3, -0.25) is 9.89 Å². The van der Waals surface area contributed by atoms with E-state index in [0.29, 0.717) is 30.4 Å². The molecule has 0 saturated carbocycles. The third-order valence-electron chi connectivity index (χ3n) is 6.17. The molecule has 0 radical (unpaired) electrons. The van der Waals surface area contributed by atoms with Crippen molar-refractivity contribution in [1.29, 1.82) is 0 Å². The van der Waals surface area contributed by atoms with Crippen LogP contribution >= 0.6 is 0 Å². The summed E-state index contributed by atoms with van der Waals surface area (Å²) >= 11 is 0. The predicted octanol–water partition coefficient (Wildman–Crippen LogP) is 5.37. The standard InChI is InChI=1S/C22H23F3N2O/c1-4-21(14-6-5-7-15(9-14)22(23,24)25)16-12-26-27-17(16)8-13-10-20(2,3)11-18(28)19(13)21/h5-7,9,12H,4,8,10-11H2,1-3H3,(H,26,27)/t21-/m0/s1. The van der Waals surface area contributed by atoms with Crippen LogP contribution in [0.4, 0.5) is 13.2 Å². The zero-order valence-corrected chi connectivity index (χ0v) is 16.2. The molecule has 2 aromatic rings. The van der Waals surface area contributed by atoms with Crippen molar-refractivity contribution in [3.05, 3.63) is 64.0 Å². The molecule has 0 unspecified atom stereocenters. The molecule has 28 heavy (non-hydrogen) atoms. The summed E-state index contributed by atoms with van der Waals surface area (Å²) in [4.78, 5) is 13.3. The van der Waals surface area contributed by atoms with Crippen LogP contribution in [0.3, 0.4) is 0 Å². The number of alkyl halides is 3. The van der Waals surface area contributed by atoms with Gasteiger partial charge in [0.05, 0.1) is 17.2 Å². The van der Waals surface area contributed by atoms with Gasteiger partial charge < -0.3 is 0 Å². The van der Waals surface area contributed by atoms with E-state index < -0.39 is 17.2 Å². The molecule has 1 heterocycles. The first-order chi connectivity index (χ1) is 13.1. The summed E-state index contributed by atoms with van der Waals surface area (Å²) < 4.78 is 40.2. The van der Waals surface area contributed by atoms with Gasteiger partial charge >= 0.3 is 6.18 Å². The number of Topliss-reactive ketones (excluding diaryl/α,β-unsaturated/α-hetero) is 1. The minimum atomic E-state index is -4.44. The topological polar surface area (TPSA) is 45.8 Å². The fraction of sp³-hybridized carbons (Fsp3) is 0.455. The SMILES string of the molecule is CC[C@@]1(c2cccc(C(F)(F)F)c2)C2=C(Cc3[nH]ncc31)CC(C)(C)CC2=O. The number of benzene rings is 1. The van der Waals surface area contributed by atoms with Crippen molar-refractivity contribution >= 4 is 5.78 Å². The summed E-state index contributed by atoms with van der Waals surface area (Å²) in [6, 6.07) is 5.41. The van der Waals surface area contributed by atoms with Crippen LogP contribution in [0.2, 0.25) is 0 Å². The normalized spacial score (nSPS) is 24.1. The van der Waals surface area contributed by atoms with Crippen molar-refractivity contribution in [2.75, 3.05) is 0 Å². The smallest absolute Gasteiger partial charge is 0.294 e. The molecular weight excluding hydrogens is 365 g/mol. The van der Waals surface area contributed by atoms with Crippen LogP contribution in [0.15, 0.2) is 41.6 Å². The highest BCUT2D eigenvalue weighted by Crippen LogP contribution is 2.53. The molecule has 1 aromatic heterocycles. The number of aromatic nitrogens is 2. The van der Waals surface area contributed by atoms with Gasteiger partial charge in [-0.05, 0) is 29.9 Å². The number of allylic oxidation sites excluding steroid dienone is 2. The molecule has 0 bridgehead atoms. The van der Waals surface area contributed by atoms with Gasteiger partial charge in [-0.15, -0.1) is 0 Å². The molecule has 4 rings (SSSR count). The van der Waals surface area contributed by atoms with Crippen molar-refractivity contribution < 1.29 is 18.0 Å². The van der Waals surface area contributed by atoms with Crippen LogP contribution in [0.1, 0.15) is 62.4 Å². The lowest BCUT2D eigenvalue weighted by atomic mass is 9.57. The second kappa shape index (κ2) is 6.06. The second-order valence-corrected chi connectivity index (χ2v) is 8.70. The maximum Gasteiger partial charge on any atom is 0.416 e. The molecule has 1 N–H and O–H groups in total. The van der Waals surface area contributed by atoms with Gasteiger partial charge in [-0.25, -0.2) is 0 Å². The van der Waals surface area contributed by atoms with E-state index in [2.05, 4.69) is 24.0 Å². The Morgan fingerprint density at radius 1 is 1.21 bits per heavy atom. The molecule has 6 heteroatoms. The van der Waals surface area contributed by atoms with E-state index >= 15 is 0 Å². The van der Waals surface area contributed by atoms with E-state index in [9.17, 15) is 18.0 Å². The molecule has 2 aliphatic carbocycles. The number of rotatable bonds is 2. The summed E-state index contributed by atoms with van der Waals surface area (Å²) in [7, 11) is 0. The highest BCUT2D eigenvalue weighted by atomic mass is 19.4. The van der Waals surface area contributed by atoms with Crippen LogP contribution in [-0.4, -0.2) is 16.0 Å². The number of hydrogen-bond acceptors (Lipinski definition) is 2. The number of hydrogen-bond donors (Lipinski definition) is 1. The zero-order valence-electron chi connectivity index (χ0n) is 16.2. The Kier molecular flexibility index (Phi) is 4.11. The third-order valence-corrected chi connectivity index (χ3v) is 6.17. The molecule has 0 amide bonds. The number of fused-ring (bicyclic) bond motifs is 1. The van der Waals surface area contributed by atoms with Crippen LogP contribution in [0.25, 0.3) is 0 Å². The van der Waals surface area contributed by atoms with E-state index in [1.54, 1.807) is 12.3 Å². The van der Waals surface area contributed by atoms with Crippen molar-refractivity contribution in [2.45, 2.75) is 58.0 Å². The average Bonchev–Trinajstić information content (AvgIpc) is 3.06. The van der Waals surface area contributed by atoms with E-state index in [-0.39, 0.29) is 11.2 Å². The highest BCUT2D eigenvalue weighted by Gasteiger charge is 2.50. The van der Waals surface area contributed by atoms with E-state index in [1.165, 1.54) is 12.1 Å². The van der Waals surface area contributed by atoms with Crippen molar-refractivity contribution in [1.82, 2.24) is 10.2 Å². The Labute approximate surface area is 162 Å². The number of ketones is 1. The van der Waals surface area contributed by atoms with Crippen LogP contribution in [0, 0.1) is 5.41 Å². The van der Waals surface area contributed by atoms with Gasteiger partial charge in [0.1, 0.15) is 0 Å². The minimum Gasteiger partial charge on any atom is -0.294 e. The lowest BCUT2D eigenvalue weighted by molar-refractivity contribution is -0.137. The molecule has 2 aliphatic rings. The molecule has 0 saturated heterocycles. The van der Waals surface area contributed by atoms with E-state index in [4.69, 9.17) is 0 Å². The van der Waals surface area contributed by atoms with Gasteiger partial charge in [0, 0.05) is 29.7 Å². The largest absolute Gasteiger partial charge is 0.416 e. The fourth-order valence-electron chi connectivity index (χ4n) is 5.14. The van der Waals surface area contributed by atoms with Gasteiger partial charge in [0.15, 0.2) is 5.78 Å².